The standard InChI is InChI=1S/C16H20ClFN2O2/c17-13-7-12(3-4-14(13)18)19-15(21)5-6-20-8-10-1-2-11(9-20)16(10)22/h3-4,7,10-11,16,22H,1-2,5-6,8-9H2,(H,19,21)/t10-,11+,16?. The van der Waals surface area contributed by atoms with Crippen molar-refractivity contribution >= 4 is 23.2 Å². The minimum absolute atomic E-state index is 0.000562. The van der Waals surface area contributed by atoms with Gasteiger partial charge in [-0.1, -0.05) is 11.6 Å². The summed E-state index contributed by atoms with van der Waals surface area (Å²) in [5, 5.41) is 12.7. The third-order valence-electron chi connectivity index (χ3n) is 4.72. The van der Waals surface area contributed by atoms with E-state index in [1.807, 2.05) is 0 Å². The van der Waals surface area contributed by atoms with Crippen LogP contribution in [-0.4, -0.2) is 41.7 Å². The maximum atomic E-state index is 13.1. The highest BCUT2D eigenvalue weighted by atomic mass is 35.5. The van der Waals surface area contributed by atoms with Crippen molar-refractivity contribution in [2.45, 2.75) is 25.4 Å². The van der Waals surface area contributed by atoms with Crippen molar-refractivity contribution in [3.8, 4) is 0 Å². The molecular weight excluding hydrogens is 307 g/mol. The van der Waals surface area contributed by atoms with Crippen molar-refractivity contribution in [2.24, 2.45) is 11.8 Å². The molecule has 0 aromatic heterocycles. The molecule has 1 aliphatic heterocycles. The Bertz CT molecular complexity index is 555. The lowest BCUT2D eigenvalue weighted by atomic mass is 9.95. The van der Waals surface area contributed by atoms with E-state index in [2.05, 4.69) is 10.2 Å². The van der Waals surface area contributed by atoms with Gasteiger partial charge in [-0.05, 0) is 42.9 Å². The molecule has 2 aliphatic rings. The highest BCUT2D eigenvalue weighted by molar-refractivity contribution is 6.31. The summed E-state index contributed by atoms with van der Waals surface area (Å²) < 4.78 is 13.1. The van der Waals surface area contributed by atoms with Gasteiger partial charge in [-0.2, -0.15) is 0 Å². The molecule has 6 heteroatoms. The number of carbonyl (C=O) groups excluding carboxylic acids is 1. The van der Waals surface area contributed by atoms with E-state index in [1.165, 1.54) is 18.2 Å². The number of piperidine rings is 1. The van der Waals surface area contributed by atoms with Gasteiger partial charge in [0.25, 0.3) is 0 Å². The van der Waals surface area contributed by atoms with Crippen molar-refractivity contribution in [2.75, 3.05) is 25.0 Å². The molecule has 2 fully saturated rings. The van der Waals surface area contributed by atoms with Crippen LogP contribution in [0.15, 0.2) is 18.2 Å². The Kier molecular flexibility index (Phi) is 4.66. The quantitative estimate of drug-likeness (QED) is 0.894. The predicted octanol–water partition coefficient (Wildman–Crippen LogP) is 2.51. The molecule has 3 rings (SSSR count). The Hall–Kier alpha value is -1.17. The normalized spacial score (nSPS) is 27.9. The first-order chi connectivity index (χ1) is 10.5. The molecule has 1 aliphatic carbocycles. The van der Waals surface area contributed by atoms with Gasteiger partial charge in [0.05, 0.1) is 11.1 Å². The molecule has 0 radical (unpaired) electrons. The fourth-order valence-corrected chi connectivity index (χ4v) is 3.71. The number of likely N-dealkylation sites (tertiary alicyclic amines) is 1. The number of amides is 1. The molecule has 1 unspecified atom stereocenters. The van der Waals surface area contributed by atoms with E-state index in [0.29, 0.717) is 30.5 Å². The minimum atomic E-state index is -0.498. The molecule has 1 aromatic carbocycles. The van der Waals surface area contributed by atoms with Crippen LogP contribution < -0.4 is 5.32 Å². The fraction of sp³-hybridized carbons (Fsp3) is 0.562. The minimum Gasteiger partial charge on any atom is -0.392 e. The highest BCUT2D eigenvalue weighted by Crippen LogP contribution is 2.36. The number of hydrogen-bond acceptors (Lipinski definition) is 3. The summed E-state index contributed by atoms with van der Waals surface area (Å²) in [6.45, 7) is 2.42. The summed E-state index contributed by atoms with van der Waals surface area (Å²) in [7, 11) is 0. The van der Waals surface area contributed by atoms with E-state index in [-0.39, 0.29) is 17.0 Å². The molecule has 1 saturated heterocycles. The zero-order valence-corrected chi connectivity index (χ0v) is 13.0. The van der Waals surface area contributed by atoms with E-state index < -0.39 is 5.82 Å². The number of aliphatic hydroxyl groups excluding tert-OH is 1. The molecule has 1 amide bonds. The Morgan fingerprint density at radius 1 is 1.36 bits per heavy atom. The number of fused-ring (bicyclic) bond motifs is 2. The molecule has 3 atom stereocenters. The Balaban J connectivity index is 1.47. The van der Waals surface area contributed by atoms with Crippen molar-refractivity contribution in [3.63, 3.8) is 0 Å². The third kappa shape index (κ3) is 3.42. The van der Waals surface area contributed by atoms with Crippen molar-refractivity contribution < 1.29 is 14.3 Å². The maximum Gasteiger partial charge on any atom is 0.225 e. The van der Waals surface area contributed by atoms with Crippen LogP contribution in [0.3, 0.4) is 0 Å². The number of benzene rings is 1. The Morgan fingerprint density at radius 3 is 2.68 bits per heavy atom. The van der Waals surface area contributed by atoms with E-state index in [1.54, 1.807) is 0 Å². The molecular formula is C16H20ClFN2O2. The van der Waals surface area contributed by atoms with E-state index in [0.717, 1.165) is 25.9 Å². The largest absolute Gasteiger partial charge is 0.392 e. The van der Waals surface area contributed by atoms with E-state index in [4.69, 9.17) is 11.6 Å². The Labute approximate surface area is 134 Å². The summed E-state index contributed by atoms with van der Waals surface area (Å²) in [5.74, 6) is 0.110. The van der Waals surface area contributed by atoms with E-state index >= 15 is 0 Å². The molecule has 2 bridgehead atoms. The second kappa shape index (κ2) is 6.52. The first-order valence-corrected chi connectivity index (χ1v) is 8.06. The number of aliphatic hydroxyl groups is 1. The van der Waals surface area contributed by atoms with Gasteiger partial charge in [0.15, 0.2) is 0 Å². The maximum absolute atomic E-state index is 13.1. The van der Waals surface area contributed by atoms with E-state index in [9.17, 15) is 14.3 Å². The van der Waals surface area contributed by atoms with Crippen LogP contribution in [0.2, 0.25) is 5.02 Å². The zero-order valence-electron chi connectivity index (χ0n) is 12.3. The number of halogens is 2. The second-order valence-corrected chi connectivity index (χ2v) is 6.68. The molecule has 1 saturated carbocycles. The molecule has 120 valence electrons. The van der Waals surface area contributed by atoms with Crippen LogP contribution in [-0.2, 0) is 4.79 Å². The van der Waals surface area contributed by atoms with Crippen molar-refractivity contribution in [3.05, 3.63) is 29.0 Å². The van der Waals surface area contributed by atoms with Crippen LogP contribution in [0.25, 0.3) is 0 Å². The second-order valence-electron chi connectivity index (χ2n) is 6.27. The zero-order chi connectivity index (χ0) is 15.7. The van der Waals surface area contributed by atoms with Crippen molar-refractivity contribution in [1.82, 2.24) is 4.90 Å². The number of nitrogens with zero attached hydrogens (tertiary/aromatic N) is 1. The number of carbonyl (C=O) groups is 1. The number of hydrogen-bond donors (Lipinski definition) is 2. The number of nitrogens with one attached hydrogen (secondary N) is 1. The van der Waals surface area contributed by atoms with Gasteiger partial charge in [-0.25, -0.2) is 4.39 Å². The lowest BCUT2D eigenvalue weighted by Crippen LogP contribution is -2.45. The fourth-order valence-electron chi connectivity index (χ4n) is 3.53. The smallest absolute Gasteiger partial charge is 0.225 e. The predicted molar refractivity (Wildman–Crippen MR) is 83.3 cm³/mol. The summed E-state index contributed by atoms with van der Waals surface area (Å²) in [4.78, 5) is 14.2. The first-order valence-electron chi connectivity index (χ1n) is 7.68. The van der Waals surface area contributed by atoms with Gasteiger partial charge in [0.1, 0.15) is 5.82 Å². The molecule has 2 N–H and O–H groups in total. The van der Waals surface area contributed by atoms with Gasteiger partial charge in [-0.3, -0.25) is 4.79 Å². The monoisotopic (exact) mass is 326 g/mol. The molecule has 4 nitrogen and oxygen atoms in total. The summed E-state index contributed by atoms with van der Waals surface area (Å²) in [6.07, 6.45) is 2.39. The lowest BCUT2D eigenvalue weighted by Gasteiger charge is -2.35. The first kappa shape index (κ1) is 15.7. The van der Waals surface area contributed by atoms with Gasteiger partial charge in [0.2, 0.25) is 5.91 Å². The summed E-state index contributed by atoms with van der Waals surface area (Å²) in [6, 6.07) is 4.14. The van der Waals surface area contributed by atoms with Gasteiger partial charge in [-0.15, -0.1) is 0 Å². The third-order valence-corrected chi connectivity index (χ3v) is 5.01. The van der Waals surface area contributed by atoms with Crippen LogP contribution in [0.4, 0.5) is 10.1 Å². The molecule has 22 heavy (non-hydrogen) atoms. The highest BCUT2D eigenvalue weighted by Gasteiger charge is 2.40. The molecule has 0 spiro atoms. The number of anilines is 1. The number of rotatable bonds is 4. The van der Waals surface area contributed by atoms with Crippen LogP contribution in [0, 0.1) is 17.7 Å². The molecule has 1 heterocycles. The van der Waals surface area contributed by atoms with Gasteiger partial charge in [0, 0.05) is 31.7 Å². The summed E-state index contributed by atoms with van der Waals surface area (Å²) >= 11 is 5.69. The van der Waals surface area contributed by atoms with Crippen LogP contribution in [0.1, 0.15) is 19.3 Å². The average molecular weight is 327 g/mol. The topological polar surface area (TPSA) is 52.6 Å². The Morgan fingerprint density at radius 2 is 2.05 bits per heavy atom. The van der Waals surface area contributed by atoms with Gasteiger partial charge < -0.3 is 15.3 Å². The molecule has 1 aromatic rings. The summed E-state index contributed by atoms with van der Waals surface area (Å²) in [5.41, 5.74) is 0.505. The SMILES string of the molecule is O=C(CCN1C[C@H]2CC[C@@H](C1)C2O)Nc1ccc(F)c(Cl)c1. The van der Waals surface area contributed by atoms with Crippen LogP contribution >= 0.6 is 11.6 Å². The van der Waals surface area contributed by atoms with Crippen molar-refractivity contribution in [1.29, 1.82) is 0 Å². The lowest BCUT2D eigenvalue weighted by molar-refractivity contribution is -0.116. The average Bonchev–Trinajstić information content (AvgIpc) is 2.72. The van der Waals surface area contributed by atoms with Crippen LogP contribution in [0.5, 0.6) is 0 Å². The van der Waals surface area contributed by atoms with Gasteiger partial charge >= 0.3 is 0 Å².